The molecule has 1 aliphatic heterocycles. The number of aryl methyl sites for hydroxylation is 1. The first-order valence-corrected chi connectivity index (χ1v) is 9.76. The third kappa shape index (κ3) is 3.83. The van der Waals surface area contributed by atoms with E-state index in [1.165, 1.54) is 5.56 Å². The molecule has 6 nitrogen and oxygen atoms in total. The number of carbonyl (C=O) groups is 1. The fourth-order valence-corrected chi connectivity index (χ4v) is 4.14. The predicted octanol–water partition coefficient (Wildman–Crippen LogP) is 3.97. The summed E-state index contributed by atoms with van der Waals surface area (Å²) in [6, 6.07) is 13.7. The van der Waals surface area contributed by atoms with Crippen molar-refractivity contribution in [2.75, 3.05) is 43.5 Å². The minimum atomic E-state index is -0.0486. The van der Waals surface area contributed by atoms with Gasteiger partial charge in [-0.15, -0.1) is 0 Å². The Morgan fingerprint density at radius 2 is 1.85 bits per heavy atom. The van der Waals surface area contributed by atoms with E-state index in [0.29, 0.717) is 13.1 Å². The Bertz CT molecular complexity index is 946. The maximum Gasteiger partial charge on any atom is 0.321 e. The van der Waals surface area contributed by atoms with Gasteiger partial charge in [-0.1, -0.05) is 29.0 Å². The van der Waals surface area contributed by atoms with E-state index in [4.69, 9.17) is 9.72 Å². The van der Waals surface area contributed by atoms with E-state index in [2.05, 4.69) is 10.2 Å². The summed E-state index contributed by atoms with van der Waals surface area (Å²) in [7, 11) is 1.67. The number of hydrogen-bond donors (Lipinski definition) is 1. The summed E-state index contributed by atoms with van der Waals surface area (Å²) >= 11 is 1.66. The van der Waals surface area contributed by atoms with Crippen LogP contribution in [0.2, 0.25) is 0 Å². The number of hydrogen-bond acceptors (Lipinski definition) is 5. The molecule has 2 amide bonds. The number of anilines is 2. The van der Waals surface area contributed by atoms with E-state index < -0.39 is 0 Å². The molecule has 0 spiro atoms. The van der Waals surface area contributed by atoms with Crippen LogP contribution in [0.25, 0.3) is 10.2 Å². The molecule has 0 aliphatic carbocycles. The molecule has 0 radical (unpaired) electrons. The molecule has 3 aromatic rings. The van der Waals surface area contributed by atoms with Crippen molar-refractivity contribution in [2.45, 2.75) is 6.92 Å². The van der Waals surface area contributed by atoms with E-state index in [-0.39, 0.29) is 6.03 Å². The van der Waals surface area contributed by atoms with Crippen LogP contribution in [0.5, 0.6) is 5.75 Å². The molecule has 2 aromatic carbocycles. The maximum absolute atomic E-state index is 12.5. The minimum Gasteiger partial charge on any atom is -0.497 e. The standard InChI is InChI=1S/C20H22N4O2S/c1-14-3-5-15(6-4-14)21-19(25)23-9-11-24(12-10-23)20-22-17-8-7-16(26-2)13-18(17)27-20/h3-8,13H,9-12H2,1-2H3,(H,21,25). The highest BCUT2D eigenvalue weighted by atomic mass is 32.1. The molecule has 0 bridgehead atoms. The zero-order valence-electron chi connectivity index (χ0n) is 15.4. The van der Waals surface area contributed by atoms with Gasteiger partial charge in [0.15, 0.2) is 5.13 Å². The number of carbonyl (C=O) groups excluding carboxylic acids is 1. The van der Waals surface area contributed by atoms with Crippen molar-refractivity contribution in [3.63, 3.8) is 0 Å². The van der Waals surface area contributed by atoms with Gasteiger partial charge < -0.3 is 19.9 Å². The number of aromatic nitrogens is 1. The first-order chi connectivity index (χ1) is 13.1. The summed E-state index contributed by atoms with van der Waals surface area (Å²) in [5, 5.41) is 3.97. The summed E-state index contributed by atoms with van der Waals surface area (Å²) in [4.78, 5) is 21.3. The molecule has 4 rings (SSSR count). The van der Waals surface area contributed by atoms with Crippen LogP contribution < -0.4 is 15.0 Å². The lowest BCUT2D eigenvalue weighted by Crippen LogP contribution is -2.50. The zero-order chi connectivity index (χ0) is 18.8. The summed E-state index contributed by atoms with van der Waals surface area (Å²) in [5.74, 6) is 0.843. The molecule has 0 atom stereocenters. The van der Waals surface area contributed by atoms with E-state index in [0.717, 1.165) is 39.9 Å². The monoisotopic (exact) mass is 382 g/mol. The Kier molecular flexibility index (Phi) is 4.85. The molecule has 1 aliphatic rings. The number of methoxy groups -OCH3 is 1. The van der Waals surface area contributed by atoms with Gasteiger partial charge in [-0.2, -0.15) is 0 Å². The van der Waals surface area contributed by atoms with Gasteiger partial charge in [0, 0.05) is 31.9 Å². The van der Waals surface area contributed by atoms with Crippen LogP contribution in [0.1, 0.15) is 5.56 Å². The number of fused-ring (bicyclic) bond motifs is 1. The smallest absolute Gasteiger partial charge is 0.321 e. The Labute approximate surface area is 162 Å². The summed E-state index contributed by atoms with van der Waals surface area (Å²) in [6.07, 6.45) is 0. The van der Waals surface area contributed by atoms with E-state index in [1.807, 2.05) is 54.3 Å². The number of piperazine rings is 1. The summed E-state index contributed by atoms with van der Waals surface area (Å²) in [5.41, 5.74) is 2.98. The van der Waals surface area contributed by atoms with Gasteiger partial charge in [0.25, 0.3) is 0 Å². The van der Waals surface area contributed by atoms with Crippen molar-refractivity contribution in [2.24, 2.45) is 0 Å². The van der Waals surface area contributed by atoms with Crippen molar-refractivity contribution in [3.8, 4) is 5.75 Å². The number of ether oxygens (including phenoxy) is 1. The Balaban J connectivity index is 1.38. The molecule has 1 fully saturated rings. The third-order valence-corrected chi connectivity index (χ3v) is 5.80. The molecule has 1 aromatic heterocycles. The van der Waals surface area contributed by atoms with Crippen molar-refractivity contribution in [3.05, 3.63) is 48.0 Å². The quantitative estimate of drug-likeness (QED) is 0.745. The minimum absolute atomic E-state index is 0.0486. The van der Waals surface area contributed by atoms with Crippen LogP contribution in [0.15, 0.2) is 42.5 Å². The van der Waals surface area contributed by atoms with Gasteiger partial charge in [0.1, 0.15) is 5.75 Å². The number of thiazole rings is 1. The number of rotatable bonds is 3. The second kappa shape index (κ2) is 7.44. The highest BCUT2D eigenvalue weighted by Crippen LogP contribution is 2.31. The molecule has 140 valence electrons. The van der Waals surface area contributed by atoms with Crippen LogP contribution in [-0.4, -0.2) is 49.2 Å². The van der Waals surface area contributed by atoms with Gasteiger partial charge in [0.2, 0.25) is 0 Å². The SMILES string of the molecule is COc1ccc2nc(N3CCN(C(=O)Nc4ccc(C)cc4)CC3)sc2c1. The fraction of sp³-hybridized carbons (Fsp3) is 0.300. The Morgan fingerprint density at radius 1 is 1.11 bits per heavy atom. The molecule has 0 unspecified atom stereocenters. The molecule has 1 saturated heterocycles. The number of urea groups is 1. The highest BCUT2D eigenvalue weighted by molar-refractivity contribution is 7.22. The largest absolute Gasteiger partial charge is 0.497 e. The second-order valence-corrected chi connectivity index (χ2v) is 7.61. The second-order valence-electron chi connectivity index (χ2n) is 6.60. The first-order valence-electron chi connectivity index (χ1n) is 8.94. The topological polar surface area (TPSA) is 57.7 Å². The Hall–Kier alpha value is -2.80. The zero-order valence-corrected chi connectivity index (χ0v) is 16.3. The average molecular weight is 382 g/mol. The van der Waals surface area contributed by atoms with E-state index in [9.17, 15) is 4.79 Å². The van der Waals surface area contributed by atoms with Gasteiger partial charge in [-0.3, -0.25) is 0 Å². The van der Waals surface area contributed by atoms with Gasteiger partial charge in [0.05, 0.1) is 17.3 Å². The lowest BCUT2D eigenvalue weighted by atomic mass is 10.2. The molecular formula is C20H22N4O2S. The number of nitrogens with zero attached hydrogens (tertiary/aromatic N) is 3. The maximum atomic E-state index is 12.5. The summed E-state index contributed by atoms with van der Waals surface area (Å²) < 4.78 is 6.40. The van der Waals surface area contributed by atoms with E-state index >= 15 is 0 Å². The highest BCUT2D eigenvalue weighted by Gasteiger charge is 2.23. The van der Waals surface area contributed by atoms with Crippen molar-refractivity contribution < 1.29 is 9.53 Å². The van der Waals surface area contributed by atoms with Crippen molar-refractivity contribution >= 4 is 38.4 Å². The van der Waals surface area contributed by atoms with Gasteiger partial charge >= 0.3 is 6.03 Å². The van der Waals surface area contributed by atoms with Crippen molar-refractivity contribution in [1.82, 2.24) is 9.88 Å². The molecule has 1 N–H and O–H groups in total. The molecular weight excluding hydrogens is 360 g/mol. The number of amides is 2. The third-order valence-electron chi connectivity index (χ3n) is 4.72. The first kappa shape index (κ1) is 17.6. The lowest BCUT2D eigenvalue weighted by Gasteiger charge is -2.34. The fourth-order valence-electron chi connectivity index (χ4n) is 3.10. The number of nitrogens with one attached hydrogen (secondary N) is 1. The lowest BCUT2D eigenvalue weighted by molar-refractivity contribution is 0.208. The molecule has 27 heavy (non-hydrogen) atoms. The van der Waals surface area contributed by atoms with Crippen molar-refractivity contribution in [1.29, 1.82) is 0 Å². The number of benzene rings is 2. The molecule has 2 heterocycles. The normalized spacial score (nSPS) is 14.4. The average Bonchev–Trinajstić information content (AvgIpc) is 3.13. The van der Waals surface area contributed by atoms with Crippen LogP contribution >= 0.6 is 11.3 Å². The van der Waals surface area contributed by atoms with Gasteiger partial charge in [-0.05, 0) is 37.3 Å². The van der Waals surface area contributed by atoms with Crippen LogP contribution in [0.3, 0.4) is 0 Å². The van der Waals surface area contributed by atoms with Gasteiger partial charge in [-0.25, -0.2) is 9.78 Å². The summed E-state index contributed by atoms with van der Waals surface area (Å²) in [6.45, 7) is 4.94. The van der Waals surface area contributed by atoms with E-state index in [1.54, 1.807) is 18.4 Å². The van der Waals surface area contributed by atoms with Crippen LogP contribution in [0, 0.1) is 6.92 Å². The molecule has 7 heteroatoms. The predicted molar refractivity (Wildman–Crippen MR) is 110 cm³/mol. The van der Waals surface area contributed by atoms with Crippen LogP contribution in [-0.2, 0) is 0 Å². The molecule has 0 saturated carbocycles. The van der Waals surface area contributed by atoms with Crippen LogP contribution in [0.4, 0.5) is 15.6 Å². The Morgan fingerprint density at radius 3 is 2.56 bits per heavy atom.